The van der Waals surface area contributed by atoms with Crippen molar-refractivity contribution in [3.8, 4) is 23.2 Å². The summed E-state index contributed by atoms with van der Waals surface area (Å²) in [6.07, 6.45) is 0. The lowest BCUT2D eigenvalue weighted by Gasteiger charge is -2.11. The largest absolute Gasteiger partial charge is 0.496 e. The summed E-state index contributed by atoms with van der Waals surface area (Å²) in [6.45, 7) is 3.95. The van der Waals surface area contributed by atoms with Gasteiger partial charge in [0.2, 0.25) is 0 Å². The quantitative estimate of drug-likeness (QED) is 0.926. The van der Waals surface area contributed by atoms with Crippen LogP contribution < -0.4 is 10.1 Å². The molecule has 0 saturated carbocycles. The van der Waals surface area contributed by atoms with Crippen LogP contribution in [0.4, 0.5) is 5.82 Å². The Balaban J connectivity index is 2.60. The number of methoxy groups -OCH3 is 1. The Morgan fingerprint density at radius 1 is 1.15 bits per heavy atom. The van der Waals surface area contributed by atoms with Gasteiger partial charge < -0.3 is 10.1 Å². The minimum absolute atomic E-state index is 0.338. The van der Waals surface area contributed by atoms with E-state index < -0.39 is 0 Å². The molecule has 0 aliphatic carbocycles. The minimum Gasteiger partial charge on any atom is -0.496 e. The third-order valence-electron chi connectivity index (χ3n) is 3.02. The average Bonchev–Trinajstić information content (AvgIpc) is 2.46. The van der Waals surface area contributed by atoms with Crippen LogP contribution in [-0.4, -0.2) is 24.1 Å². The first-order valence-electron chi connectivity index (χ1n) is 6.21. The highest BCUT2D eigenvalue weighted by Crippen LogP contribution is 2.28. The molecular weight excluding hydrogens is 252 g/mol. The smallest absolute Gasteiger partial charge is 0.163 e. The first-order chi connectivity index (χ1) is 9.58. The monoisotopic (exact) mass is 268 g/mol. The second-order valence-electron chi connectivity index (χ2n) is 4.47. The summed E-state index contributed by atoms with van der Waals surface area (Å²) >= 11 is 0. The normalized spacial score (nSPS) is 9.95. The number of rotatable bonds is 3. The highest BCUT2D eigenvalue weighted by atomic mass is 16.5. The van der Waals surface area contributed by atoms with E-state index in [1.807, 2.05) is 32.0 Å². The van der Waals surface area contributed by atoms with Gasteiger partial charge in [0.25, 0.3) is 0 Å². The van der Waals surface area contributed by atoms with Crippen LogP contribution in [0.25, 0.3) is 11.4 Å². The number of benzene rings is 1. The van der Waals surface area contributed by atoms with Gasteiger partial charge >= 0.3 is 0 Å². The molecule has 1 aromatic heterocycles. The van der Waals surface area contributed by atoms with Gasteiger partial charge in [-0.15, -0.1) is 0 Å². The van der Waals surface area contributed by atoms with Crippen LogP contribution in [0.1, 0.15) is 16.8 Å². The molecule has 0 fully saturated rings. The van der Waals surface area contributed by atoms with Crippen molar-refractivity contribution >= 4 is 5.82 Å². The van der Waals surface area contributed by atoms with Crippen molar-refractivity contribution in [1.29, 1.82) is 5.26 Å². The molecule has 5 nitrogen and oxygen atoms in total. The summed E-state index contributed by atoms with van der Waals surface area (Å²) in [7, 11) is 3.42. The van der Waals surface area contributed by atoms with Crippen molar-refractivity contribution in [2.24, 2.45) is 0 Å². The van der Waals surface area contributed by atoms with Crippen LogP contribution in [0.5, 0.6) is 5.75 Å². The lowest BCUT2D eigenvalue weighted by atomic mass is 10.1. The Morgan fingerprint density at radius 3 is 2.30 bits per heavy atom. The fraction of sp³-hybridized carbons (Fsp3) is 0.267. The standard InChI is InChI=1S/C15H16N4O/c1-9-5-11(6-10(2)14(9)20-4)15-18-12(8-16)7-13(17-3)19-15/h5-7H,1-4H3,(H,17,18,19). The zero-order valence-electron chi connectivity index (χ0n) is 12.0. The van der Waals surface area contributed by atoms with Gasteiger partial charge in [0.1, 0.15) is 23.3 Å². The zero-order valence-corrected chi connectivity index (χ0v) is 12.0. The molecule has 1 aromatic carbocycles. The molecular formula is C15H16N4O. The van der Waals surface area contributed by atoms with Crippen molar-refractivity contribution in [3.63, 3.8) is 0 Å². The van der Waals surface area contributed by atoms with E-state index in [-0.39, 0.29) is 0 Å². The average molecular weight is 268 g/mol. The van der Waals surface area contributed by atoms with Crippen molar-refractivity contribution in [2.45, 2.75) is 13.8 Å². The maximum atomic E-state index is 9.03. The molecule has 20 heavy (non-hydrogen) atoms. The van der Waals surface area contributed by atoms with E-state index in [2.05, 4.69) is 15.3 Å². The molecule has 0 spiro atoms. The van der Waals surface area contributed by atoms with E-state index in [1.165, 1.54) is 0 Å². The molecule has 0 amide bonds. The molecule has 0 atom stereocenters. The Labute approximate surface area is 118 Å². The Morgan fingerprint density at radius 2 is 1.80 bits per heavy atom. The predicted molar refractivity (Wildman–Crippen MR) is 77.8 cm³/mol. The van der Waals surface area contributed by atoms with Gasteiger partial charge in [-0.2, -0.15) is 5.26 Å². The number of aromatic nitrogens is 2. The third kappa shape index (κ3) is 2.54. The summed E-state index contributed by atoms with van der Waals surface area (Å²) in [4.78, 5) is 8.65. The minimum atomic E-state index is 0.338. The molecule has 0 unspecified atom stereocenters. The number of hydrogen-bond acceptors (Lipinski definition) is 5. The highest BCUT2D eigenvalue weighted by Gasteiger charge is 2.10. The lowest BCUT2D eigenvalue weighted by Crippen LogP contribution is -2.00. The molecule has 2 rings (SSSR count). The SMILES string of the molecule is CNc1cc(C#N)nc(-c2cc(C)c(OC)c(C)c2)n1. The van der Waals surface area contributed by atoms with E-state index in [0.29, 0.717) is 17.3 Å². The maximum Gasteiger partial charge on any atom is 0.163 e. The van der Waals surface area contributed by atoms with E-state index in [9.17, 15) is 0 Å². The fourth-order valence-corrected chi connectivity index (χ4v) is 2.16. The predicted octanol–water partition coefficient (Wildman–Crippen LogP) is 2.68. The van der Waals surface area contributed by atoms with Crippen LogP contribution in [-0.2, 0) is 0 Å². The van der Waals surface area contributed by atoms with E-state index in [0.717, 1.165) is 22.4 Å². The molecule has 1 heterocycles. The van der Waals surface area contributed by atoms with Gasteiger partial charge in [0.05, 0.1) is 7.11 Å². The van der Waals surface area contributed by atoms with E-state index >= 15 is 0 Å². The van der Waals surface area contributed by atoms with Crippen LogP contribution >= 0.6 is 0 Å². The number of nitriles is 1. The van der Waals surface area contributed by atoms with Crippen molar-refractivity contribution < 1.29 is 4.74 Å². The Bertz CT molecular complexity index is 666. The molecule has 0 saturated heterocycles. The lowest BCUT2D eigenvalue weighted by molar-refractivity contribution is 0.408. The number of aryl methyl sites for hydroxylation is 2. The van der Waals surface area contributed by atoms with Crippen LogP contribution in [0.15, 0.2) is 18.2 Å². The zero-order chi connectivity index (χ0) is 14.7. The van der Waals surface area contributed by atoms with Gasteiger partial charge in [0, 0.05) is 18.7 Å². The summed E-state index contributed by atoms with van der Waals surface area (Å²) < 4.78 is 5.35. The topological polar surface area (TPSA) is 70.8 Å². The Hall–Kier alpha value is -2.61. The van der Waals surface area contributed by atoms with Gasteiger partial charge in [-0.1, -0.05) is 0 Å². The van der Waals surface area contributed by atoms with Gasteiger partial charge in [-0.3, -0.25) is 0 Å². The van der Waals surface area contributed by atoms with E-state index in [1.54, 1.807) is 20.2 Å². The second kappa shape index (κ2) is 5.57. The van der Waals surface area contributed by atoms with Crippen LogP contribution in [0.2, 0.25) is 0 Å². The summed E-state index contributed by atoms with van der Waals surface area (Å²) in [6, 6.07) is 7.59. The highest BCUT2D eigenvalue weighted by molar-refractivity contribution is 5.63. The number of hydrogen-bond donors (Lipinski definition) is 1. The first-order valence-corrected chi connectivity index (χ1v) is 6.21. The third-order valence-corrected chi connectivity index (χ3v) is 3.02. The Kier molecular flexibility index (Phi) is 3.85. The van der Waals surface area contributed by atoms with Crippen LogP contribution in [0.3, 0.4) is 0 Å². The van der Waals surface area contributed by atoms with Crippen molar-refractivity contribution in [1.82, 2.24) is 9.97 Å². The van der Waals surface area contributed by atoms with Gasteiger partial charge in [-0.25, -0.2) is 9.97 Å². The molecule has 0 aliphatic heterocycles. The molecule has 0 radical (unpaired) electrons. The molecule has 0 aliphatic rings. The second-order valence-corrected chi connectivity index (χ2v) is 4.47. The number of nitrogens with one attached hydrogen (secondary N) is 1. The fourth-order valence-electron chi connectivity index (χ4n) is 2.16. The van der Waals surface area contributed by atoms with E-state index in [4.69, 9.17) is 10.00 Å². The number of nitrogens with zero attached hydrogens (tertiary/aromatic N) is 3. The molecule has 0 bridgehead atoms. The number of anilines is 1. The number of ether oxygens (including phenoxy) is 1. The van der Waals surface area contributed by atoms with Crippen molar-refractivity contribution in [2.75, 3.05) is 19.5 Å². The maximum absolute atomic E-state index is 9.03. The first kappa shape index (κ1) is 13.8. The molecule has 102 valence electrons. The van der Waals surface area contributed by atoms with Gasteiger partial charge in [0.15, 0.2) is 5.82 Å². The van der Waals surface area contributed by atoms with Crippen LogP contribution in [0, 0.1) is 25.2 Å². The summed E-state index contributed by atoms with van der Waals surface area (Å²) in [5.41, 5.74) is 3.24. The molecule has 5 heteroatoms. The summed E-state index contributed by atoms with van der Waals surface area (Å²) in [5, 5.41) is 12.0. The van der Waals surface area contributed by atoms with Crippen molar-refractivity contribution in [3.05, 3.63) is 35.0 Å². The molecule has 1 N–H and O–H groups in total. The molecule has 2 aromatic rings. The summed E-state index contributed by atoms with van der Waals surface area (Å²) in [5.74, 6) is 2.01. The van der Waals surface area contributed by atoms with Gasteiger partial charge in [-0.05, 0) is 37.1 Å².